The highest BCUT2D eigenvalue weighted by atomic mass is 16.4. The van der Waals surface area contributed by atoms with E-state index < -0.39 is 5.97 Å². The zero-order chi connectivity index (χ0) is 13.1. The highest BCUT2D eigenvalue weighted by molar-refractivity contribution is 5.78. The van der Waals surface area contributed by atoms with Crippen LogP contribution in [0.5, 0.6) is 0 Å². The Morgan fingerprint density at radius 1 is 1.22 bits per heavy atom. The summed E-state index contributed by atoms with van der Waals surface area (Å²) in [7, 11) is 0. The second kappa shape index (κ2) is 5.72. The normalized spacial score (nSPS) is 28.8. The van der Waals surface area contributed by atoms with Crippen LogP contribution < -0.4 is 0 Å². The molecular formula is C14H23NO3. The predicted molar refractivity (Wildman–Crippen MR) is 68.1 cm³/mol. The first-order valence-electron chi connectivity index (χ1n) is 7.09. The Labute approximate surface area is 108 Å². The lowest BCUT2D eigenvalue weighted by molar-refractivity contribution is -0.138. The van der Waals surface area contributed by atoms with Crippen molar-refractivity contribution in [2.24, 2.45) is 11.8 Å². The molecule has 0 aromatic rings. The van der Waals surface area contributed by atoms with Crippen molar-refractivity contribution in [1.29, 1.82) is 0 Å². The Morgan fingerprint density at radius 3 is 2.67 bits per heavy atom. The van der Waals surface area contributed by atoms with Crippen molar-refractivity contribution in [2.45, 2.75) is 57.9 Å². The van der Waals surface area contributed by atoms with E-state index in [0.717, 1.165) is 19.4 Å². The molecule has 3 unspecified atom stereocenters. The second-order valence-corrected chi connectivity index (χ2v) is 5.89. The fourth-order valence-corrected chi connectivity index (χ4v) is 3.50. The molecular weight excluding hydrogens is 230 g/mol. The maximum absolute atomic E-state index is 12.2. The first-order chi connectivity index (χ1) is 8.58. The maximum Gasteiger partial charge on any atom is 0.303 e. The van der Waals surface area contributed by atoms with Gasteiger partial charge in [-0.25, -0.2) is 0 Å². The number of likely N-dealkylation sites (tertiary alicyclic amines) is 1. The molecule has 102 valence electrons. The summed E-state index contributed by atoms with van der Waals surface area (Å²) in [5, 5.41) is 8.72. The lowest BCUT2D eigenvalue weighted by atomic mass is 9.85. The van der Waals surface area contributed by atoms with E-state index in [-0.39, 0.29) is 18.2 Å². The van der Waals surface area contributed by atoms with Crippen LogP contribution in [0.15, 0.2) is 0 Å². The highest BCUT2D eigenvalue weighted by Crippen LogP contribution is 2.36. The summed E-state index contributed by atoms with van der Waals surface area (Å²) in [6.45, 7) is 2.73. The van der Waals surface area contributed by atoms with Gasteiger partial charge in [-0.1, -0.05) is 19.8 Å². The number of aliphatic carboxylic acids is 1. The number of nitrogens with zero attached hydrogens (tertiary/aromatic N) is 1. The molecule has 4 heteroatoms. The molecule has 1 aliphatic heterocycles. The fraction of sp³-hybridized carbons (Fsp3) is 0.857. The third-order valence-corrected chi connectivity index (χ3v) is 4.38. The number of hydrogen-bond donors (Lipinski definition) is 1. The molecule has 0 spiro atoms. The van der Waals surface area contributed by atoms with Crippen LogP contribution in [0.3, 0.4) is 0 Å². The maximum atomic E-state index is 12.2. The van der Waals surface area contributed by atoms with Crippen molar-refractivity contribution in [3.63, 3.8) is 0 Å². The van der Waals surface area contributed by atoms with Crippen molar-refractivity contribution in [3.8, 4) is 0 Å². The molecule has 1 saturated carbocycles. The molecule has 1 N–H and O–H groups in total. The van der Waals surface area contributed by atoms with Crippen LogP contribution in [-0.2, 0) is 9.59 Å². The van der Waals surface area contributed by atoms with Crippen molar-refractivity contribution in [2.75, 3.05) is 6.54 Å². The Kier molecular flexibility index (Phi) is 4.25. The summed E-state index contributed by atoms with van der Waals surface area (Å²) in [5.41, 5.74) is 0. The van der Waals surface area contributed by atoms with Gasteiger partial charge in [0, 0.05) is 25.4 Å². The van der Waals surface area contributed by atoms with Gasteiger partial charge in [-0.3, -0.25) is 9.59 Å². The monoisotopic (exact) mass is 253 g/mol. The molecule has 0 aromatic heterocycles. The standard InChI is InChI=1S/C14H23NO3/c1-10(9-14(17)18)8-13(16)15-7-6-11-4-2-3-5-12(11)15/h10-12H,2-9H2,1H3,(H,17,18). The van der Waals surface area contributed by atoms with Crippen LogP contribution in [0.2, 0.25) is 0 Å². The molecule has 2 rings (SSSR count). The molecule has 1 aliphatic carbocycles. The minimum Gasteiger partial charge on any atom is -0.481 e. The van der Waals surface area contributed by atoms with Crippen LogP contribution in [-0.4, -0.2) is 34.5 Å². The molecule has 1 heterocycles. The largest absolute Gasteiger partial charge is 0.481 e. The van der Waals surface area contributed by atoms with Gasteiger partial charge in [-0.15, -0.1) is 0 Å². The molecule has 3 atom stereocenters. The van der Waals surface area contributed by atoms with Gasteiger partial charge in [0.05, 0.1) is 0 Å². The van der Waals surface area contributed by atoms with E-state index in [1.807, 2.05) is 11.8 Å². The summed E-state index contributed by atoms with van der Waals surface area (Å²) < 4.78 is 0. The second-order valence-electron chi connectivity index (χ2n) is 5.89. The molecule has 2 fully saturated rings. The van der Waals surface area contributed by atoms with Gasteiger partial charge in [-0.05, 0) is 31.1 Å². The topological polar surface area (TPSA) is 57.6 Å². The Morgan fingerprint density at radius 2 is 1.94 bits per heavy atom. The third-order valence-electron chi connectivity index (χ3n) is 4.38. The first kappa shape index (κ1) is 13.4. The fourth-order valence-electron chi connectivity index (χ4n) is 3.50. The quantitative estimate of drug-likeness (QED) is 0.836. The first-order valence-corrected chi connectivity index (χ1v) is 7.09. The summed E-state index contributed by atoms with van der Waals surface area (Å²) in [5.74, 6) is 0.000496. The molecule has 1 saturated heterocycles. The Bertz CT molecular complexity index is 329. The molecule has 0 radical (unpaired) electrons. The van der Waals surface area contributed by atoms with Gasteiger partial charge in [0.2, 0.25) is 5.91 Å². The summed E-state index contributed by atoms with van der Waals surface area (Å²) in [6, 6.07) is 0.447. The average Bonchev–Trinajstić information content (AvgIpc) is 2.71. The van der Waals surface area contributed by atoms with Crippen LogP contribution in [0.4, 0.5) is 0 Å². The van der Waals surface area contributed by atoms with Gasteiger partial charge in [-0.2, -0.15) is 0 Å². The third kappa shape index (κ3) is 3.03. The van der Waals surface area contributed by atoms with E-state index in [2.05, 4.69) is 0 Å². The lowest BCUT2D eigenvalue weighted by Crippen LogP contribution is -2.39. The number of carbonyl (C=O) groups excluding carboxylic acids is 1. The molecule has 0 bridgehead atoms. The van der Waals surface area contributed by atoms with Crippen LogP contribution in [0, 0.1) is 11.8 Å². The summed E-state index contributed by atoms with van der Waals surface area (Å²) >= 11 is 0. The van der Waals surface area contributed by atoms with Crippen LogP contribution in [0.25, 0.3) is 0 Å². The van der Waals surface area contributed by atoms with Crippen molar-refractivity contribution in [1.82, 2.24) is 4.90 Å². The lowest BCUT2D eigenvalue weighted by Gasteiger charge is -2.32. The molecule has 18 heavy (non-hydrogen) atoms. The van der Waals surface area contributed by atoms with E-state index in [1.54, 1.807) is 0 Å². The number of carboxylic acid groups (broad SMARTS) is 1. The van der Waals surface area contributed by atoms with Crippen molar-refractivity contribution in [3.05, 3.63) is 0 Å². The minimum absolute atomic E-state index is 0.0577. The Balaban J connectivity index is 1.87. The van der Waals surface area contributed by atoms with E-state index in [4.69, 9.17) is 5.11 Å². The highest BCUT2D eigenvalue weighted by Gasteiger charge is 2.38. The number of rotatable bonds is 4. The molecule has 1 amide bonds. The number of fused-ring (bicyclic) bond motifs is 1. The van der Waals surface area contributed by atoms with Crippen molar-refractivity contribution < 1.29 is 14.7 Å². The summed E-state index contributed by atoms with van der Waals surface area (Å²) in [6.07, 6.45) is 6.56. The van der Waals surface area contributed by atoms with E-state index in [1.165, 1.54) is 19.3 Å². The average molecular weight is 253 g/mol. The molecule has 0 aromatic carbocycles. The smallest absolute Gasteiger partial charge is 0.303 e. The van der Waals surface area contributed by atoms with E-state index >= 15 is 0 Å². The SMILES string of the molecule is CC(CC(=O)O)CC(=O)N1CCC2CCCCC21. The predicted octanol–water partition coefficient (Wildman–Crippen LogP) is 2.28. The molecule has 2 aliphatic rings. The minimum atomic E-state index is -0.813. The van der Waals surface area contributed by atoms with Gasteiger partial charge in [0.25, 0.3) is 0 Å². The molecule has 4 nitrogen and oxygen atoms in total. The van der Waals surface area contributed by atoms with Crippen LogP contribution >= 0.6 is 0 Å². The van der Waals surface area contributed by atoms with Gasteiger partial charge >= 0.3 is 5.97 Å². The zero-order valence-corrected chi connectivity index (χ0v) is 11.1. The van der Waals surface area contributed by atoms with Gasteiger partial charge in [0.1, 0.15) is 0 Å². The number of carboxylic acids is 1. The van der Waals surface area contributed by atoms with E-state index in [9.17, 15) is 9.59 Å². The summed E-state index contributed by atoms with van der Waals surface area (Å²) in [4.78, 5) is 24.9. The number of amides is 1. The van der Waals surface area contributed by atoms with Crippen molar-refractivity contribution >= 4 is 11.9 Å². The van der Waals surface area contributed by atoms with E-state index in [0.29, 0.717) is 18.4 Å². The number of carbonyl (C=O) groups is 2. The van der Waals surface area contributed by atoms with Gasteiger partial charge in [0.15, 0.2) is 0 Å². The Hall–Kier alpha value is -1.06. The van der Waals surface area contributed by atoms with Crippen LogP contribution in [0.1, 0.15) is 51.9 Å². The van der Waals surface area contributed by atoms with Gasteiger partial charge < -0.3 is 10.0 Å². The number of hydrogen-bond acceptors (Lipinski definition) is 2. The zero-order valence-electron chi connectivity index (χ0n) is 11.1.